The van der Waals surface area contributed by atoms with Gasteiger partial charge in [0.25, 0.3) is 15.9 Å². The highest BCUT2D eigenvalue weighted by Gasteiger charge is 2.14. The lowest BCUT2D eigenvalue weighted by Gasteiger charge is -2.10. The van der Waals surface area contributed by atoms with Crippen LogP contribution in [0.2, 0.25) is 0 Å². The van der Waals surface area contributed by atoms with Gasteiger partial charge in [-0.3, -0.25) is 9.52 Å². The molecule has 2 N–H and O–H groups in total. The Morgan fingerprint density at radius 2 is 1.56 bits per heavy atom. The zero-order valence-electron chi connectivity index (χ0n) is 14.5. The Hall–Kier alpha value is -3.32. The molecular formula is C20H18N2O4S. The first-order valence-electron chi connectivity index (χ1n) is 8.11. The second kappa shape index (κ2) is 7.92. The van der Waals surface area contributed by atoms with Gasteiger partial charge in [0.2, 0.25) is 0 Å². The lowest BCUT2D eigenvalue weighted by molar-refractivity contribution is 0.102. The van der Waals surface area contributed by atoms with Gasteiger partial charge >= 0.3 is 0 Å². The number of sulfonamides is 1. The van der Waals surface area contributed by atoms with Crippen LogP contribution in [0.15, 0.2) is 83.8 Å². The van der Waals surface area contributed by atoms with E-state index >= 15 is 0 Å². The summed E-state index contributed by atoms with van der Waals surface area (Å²) in [6.45, 7) is 0. The number of carbonyl (C=O) groups is 1. The molecule has 0 spiro atoms. The molecule has 7 heteroatoms. The van der Waals surface area contributed by atoms with Gasteiger partial charge in [0.1, 0.15) is 5.75 Å². The quantitative estimate of drug-likeness (QED) is 0.680. The van der Waals surface area contributed by atoms with E-state index in [-0.39, 0.29) is 10.8 Å². The van der Waals surface area contributed by atoms with E-state index in [9.17, 15) is 13.2 Å². The monoisotopic (exact) mass is 382 g/mol. The number of nitrogens with one attached hydrogen (secondary N) is 2. The molecule has 0 fully saturated rings. The van der Waals surface area contributed by atoms with Crippen LogP contribution in [0, 0.1) is 0 Å². The molecule has 0 saturated carbocycles. The SMILES string of the molecule is COc1cccc(NC(=O)c2ccc(NS(=O)(=O)c3ccccc3)cc2)c1. The minimum absolute atomic E-state index is 0.171. The molecule has 6 nitrogen and oxygen atoms in total. The summed E-state index contributed by atoms with van der Waals surface area (Å²) in [5.74, 6) is 0.333. The fraction of sp³-hybridized carbons (Fsp3) is 0.0500. The van der Waals surface area contributed by atoms with Gasteiger partial charge in [-0.2, -0.15) is 0 Å². The van der Waals surface area contributed by atoms with Crippen LogP contribution < -0.4 is 14.8 Å². The maximum absolute atomic E-state index is 12.3. The molecular weight excluding hydrogens is 364 g/mol. The Bertz CT molecular complexity index is 1030. The fourth-order valence-corrected chi connectivity index (χ4v) is 3.49. The fourth-order valence-electron chi connectivity index (χ4n) is 2.41. The van der Waals surface area contributed by atoms with Gasteiger partial charge in [0.15, 0.2) is 0 Å². The van der Waals surface area contributed by atoms with Crippen molar-refractivity contribution in [1.82, 2.24) is 0 Å². The summed E-state index contributed by atoms with van der Waals surface area (Å²) in [7, 11) is -2.12. The molecule has 0 aliphatic carbocycles. The number of carbonyl (C=O) groups excluding carboxylic acids is 1. The summed E-state index contributed by atoms with van der Waals surface area (Å²) in [4.78, 5) is 12.5. The Balaban J connectivity index is 1.70. The van der Waals surface area contributed by atoms with Gasteiger partial charge in [0, 0.05) is 23.0 Å². The van der Waals surface area contributed by atoms with Gasteiger partial charge < -0.3 is 10.1 Å². The van der Waals surface area contributed by atoms with Gasteiger partial charge in [-0.05, 0) is 48.5 Å². The smallest absolute Gasteiger partial charge is 0.261 e. The molecule has 0 bridgehead atoms. The van der Waals surface area contributed by atoms with Crippen molar-refractivity contribution in [2.45, 2.75) is 4.90 Å². The van der Waals surface area contributed by atoms with E-state index in [1.807, 2.05) is 0 Å². The Kier molecular flexibility index (Phi) is 5.42. The summed E-state index contributed by atoms with van der Waals surface area (Å²) in [5.41, 5.74) is 1.38. The van der Waals surface area contributed by atoms with Gasteiger partial charge in [-0.25, -0.2) is 8.42 Å². The van der Waals surface area contributed by atoms with E-state index in [1.165, 1.54) is 12.1 Å². The summed E-state index contributed by atoms with van der Waals surface area (Å²) in [5, 5.41) is 2.77. The first-order chi connectivity index (χ1) is 13.0. The normalized spacial score (nSPS) is 10.9. The molecule has 1 amide bonds. The minimum Gasteiger partial charge on any atom is -0.497 e. The van der Waals surface area contributed by atoms with Gasteiger partial charge in [-0.15, -0.1) is 0 Å². The molecule has 27 heavy (non-hydrogen) atoms. The van der Waals surface area contributed by atoms with Gasteiger partial charge in [0.05, 0.1) is 12.0 Å². The lowest BCUT2D eigenvalue weighted by Crippen LogP contribution is -2.14. The molecule has 0 aliphatic heterocycles. The van der Waals surface area contributed by atoms with E-state index in [0.29, 0.717) is 22.7 Å². The number of rotatable bonds is 6. The Morgan fingerprint density at radius 1 is 0.852 bits per heavy atom. The molecule has 0 aliphatic rings. The number of benzene rings is 3. The lowest BCUT2D eigenvalue weighted by atomic mass is 10.2. The van der Waals surface area contributed by atoms with E-state index in [0.717, 1.165) is 0 Å². The first kappa shape index (κ1) is 18.5. The molecule has 3 rings (SSSR count). The first-order valence-corrected chi connectivity index (χ1v) is 9.59. The third-order valence-corrected chi connectivity index (χ3v) is 5.18. The topological polar surface area (TPSA) is 84.5 Å². The third-order valence-electron chi connectivity index (χ3n) is 3.78. The number of hydrogen-bond acceptors (Lipinski definition) is 4. The van der Waals surface area contributed by atoms with E-state index in [1.54, 1.807) is 73.8 Å². The summed E-state index contributed by atoms with van der Waals surface area (Å²) in [6.07, 6.45) is 0. The van der Waals surface area contributed by atoms with Crippen molar-refractivity contribution in [2.24, 2.45) is 0 Å². The molecule has 138 valence electrons. The largest absolute Gasteiger partial charge is 0.497 e. The molecule has 3 aromatic rings. The predicted octanol–water partition coefficient (Wildman–Crippen LogP) is 3.75. The van der Waals surface area contributed by atoms with Crippen molar-refractivity contribution in [2.75, 3.05) is 17.1 Å². The second-order valence-corrected chi connectivity index (χ2v) is 7.36. The van der Waals surface area contributed by atoms with Crippen LogP contribution in [0.4, 0.5) is 11.4 Å². The Morgan fingerprint density at radius 3 is 2.22 bits per heavy atom. The van der Waals surface area contributed by atoms with Crippen molar-refractivity contribution in [3.05, 3.63) is 84.4 Å². The molecule has 0 unspecified atom stereocenters. The maximum atomic E-state index is 12.3. The maximum Gasteiger partial charge on any atom is 0.261 e. The third kappa shape index (κ3) is 4.65. The van der Waals surface area contributed by atoms with E-state index in [2.05, 4.69) is 10.0 Å². The average molecular weight is 382 g/mol. The summed E-state index contributed by atoms with van der Waals surface area (Å²) >= 11 is 0. The van der Waals surface area contributed by atoms with Crippen molar-refractivity contribution in [3.8, 4) is 5.75 Å². The molecule has 0 aromatic heterocycles. The standard InChI is InChI=1S/C20H18N2O4S/c1-26-18-7-5-6-17(14-18)21-20(23)15-10-12-16(13-11-15)22-27(24,25)19-8-3-2-4-9-19/h2-14,22H,1H3,(H,21,23). The van der Waals surface area contributed by atoms with Crippen LogP contribution in [-0.2, 0) is 10.0 Å². The van der Waals surface area contributed by atoms with E-state index < -0.39 is 10.0 Å². The number of ether oxygens (including phenoxy) is 1. The van der Waals surface area contributed by atoms with E-state index in [4.69, 9.17) is 4.74 Å². The van der Waals surface area contributed by atoms with Crippen LogP contribution in [0.1, 0.15) is 10.4 Å². The van der Waals surface area contributed by atoms with Crippen LogP contribution in [-0.4, -0.2) is 21.4 Å². The highest BCUT2D eigenvalue weighted by molar-refractivity contribution is 7.92. The van der Waals surface area contributed by atoms with Gasteiger partial charge in [-0.1, -0.05) is 24.3 Å². The number of amides is 1. The second-order valence-electron chi connectivity index (χ2n) is 5.68. The predicted molar refractivity (Wildman–Crippen MR) is 105 cm³/mol. The van der Waals surface area contributed by atoms with Crippen molar-refractivity contribution < 1.29 is 17.9 Å². The summed E-state index contributed by atoms with van der Waals surface area (Å²) in [6, 6.07) is 21.3. The zero-order valence-corrected chi connectivity index (χ0v) is 15.4. The average Bonchev–Trinajstić information content (AvgIpc) is 2.69. The van der Waals surface area contributed by atoms with Crippen LogP contribution in [0.25, 0.3) is 0 Å². The number of hydrogen-bond donors (Lipinski definition) is 2. The molecule has 0 atom stereocenters. The summed E-state index contributed by atoms with van der Waals surface area (Å²) < 4.78 is 32.3. The van der Waals surface area contributed by atoms with Crippen molar-refractivity contribution >= 4 is 27.3 Å². The zero-order chi connectivity index (χ0) is 19.3. The minimum atomic E-state index is -3.67. The van der Waals surface area contributed by atoms with Crippen molar-refractivity contribution in [1.29, 1.82) is 0 Å². The molecule has 3 aromatic carbocycles. The number of anilines is 2. The highest BCUT2D eigenvalue weighted by atomic mass is 32.2. The molecule has 0 radical (unpaired) electrons. The highest BCUT2D eigenvalue weighted by Crippen LogP contribution is 2.19. The van der Waals surface area contributed by atoms with Crippen LogP contribution in [0.3, 0.4) is 0 Å². The number of methoxy groups -OCH3 is 1. The molecule has 0 saturated heterocycles. The molecule has 0 heterocycles. The Labute approximate surface area is 157 Å². The van der Waals surface area contributed by atoms with Crippen LogP contribution in [0.5, 0.6) is 5.75 Å². The van der Waals surface area contributed by atoms with Crippen molar-refractivity contribution in [3.63, 3.8) is 0 Å². The van der Waals surface area contributed by atoms with Crippen LogP contribution >= 0.6 is 0 Å².